The molecule has 31 heavy (non-hydrogen) atoms. The highest BCUT2D eigenvalue weighted by Crippen LogP contribution is 2.35. The average molecular weight is 474 g/mol. The first-order valence-electron chi connectivity index (χ1n) is 9.21. The Morgan fingerprint density at radius 3 is 2.35 bits per heavy atom. The monoisotopic (exact) mass is 472 g/mol. The molecule has 0 aliphatic carbocycles. The van der Waals surface area contributed by atoms with E-state index in [2.05, 4.69) is 5.43 Å². The molecule has 1 aliphatic heterocycles. The molecule has 2 amide bonds. The zero-order chi connectivity index (χ0) is 22.0. The molecule has 5 nitrogen and oxygen atoms in total. The van der Waals surface area contributed by atoms with Crippen molar-refractivity contribution in [2.75, 3.05) is 5.01 Å². The van der Waals surface area contributed by atoms with Gasteiger partial charge in [0.2, 0.25) is 0 Å². The molecule has 0 saturated carbocycles. The Balaban J connectivity index is 1.67. The van der Waals surface area contributed by atoms with Gasteiger partial charge in [0.1, 0.15) is 17.9 Å². The average Bonchev–Trinajstić information content (AvgIpc) is 3.03. The zero-order valence-electron chi connectivity index (χ0n) is 15.9. The third-order valence-corrected chi connectivity index (χ3v) is 5.44. The summed E-state index contributed by atoms with van der Waals surface area (Å²) in [5.74, 6) is -0.747. The van der Waals surface area contributed by atoms with Crippen LogP contribution in [0.15, 0.2) is 72.3 Å². The zero-order valence-corrected chi connectivity index (χ0v) is 18.2. The van der Waals surface area contributed by atoms with Crippen molar-refractivity contribution in [3.8, 4) is 5.75 Å². The summed E-state index contributed by atoms with van der Waals surface area (Å²) in [5, 5.41) is 2.33. The predicted molar refractivity (Wildman–Crippen MR) is 122 cm³/mol. The molecule has 1 N–H and O–H groups in total. The minimum absolute atomic E-state index is 0.0650. The third kappa shape index (κ3) is 4.54. The van der Waals surface area contributed by atoms with Crippen molar-refractivity contribution < 1.29 is 14.3 Å². The topological polar surface area (TPSA) is 58.6 Å². The van der Waals surface area contributed by atoms with E-state index in [0.29, 0.717) is 21.3 Å². The number of anilines is 1. The Bertz CT molecular complexity index is 1200. The number of carbonyl (C=O) groups excluding carboxylic acids is 2. The van der Waals surface area contributed by atoms with Gasteiger partial charge in [-0.15, -0.1) is 0 Å². The first-order valence-corrected chi connectivity index (χ1v) is 10.3. The highest BCUT2D eigenvalue weighted by atomic mass is 35.5. The van der Waals surface area contributed by atoms with E-state index in [1.54, 1.807) is 36.4 Å². The lowest BCUT2D eigenvalue weighted by Crippen LogP contribution is -2.35. The standard InChI is InChI=1S/C23H15Cl3N2O3/c24-16-10-15(21(20(26)12-16)31-13-14-6-4-5-9-19(14)25)11-18-22(29)27-28(23(18)30)17-7-2-1-3-8-17/h1-12H,13H2,(H,27,29)/b18-11+. The Morgan fingerprint density at radius 1 is 0.903 bits per heavy atom. The summed E-state index contributed by atoms with van der Waals surface area (Å²) in [5.41, 5.74) is 4.20. The van der Waals surface area contributed by atoms with Gasteiger partial charge in [-0.2, -0.15) is 0 Å². The molecule has 0 atom stereocenters. The molecule has 4 rings (SSSR count). The Kier molecular flexibility index (Phi) is 6.18. The number of halogens is 3. The maximum atomic E-state index is 12.9. The normalized spacial score (nSPS) is 14.8. The van der Waals surface area contributed by atoms with Gasteiger partial charge >= 0.3 is 0 Å². The van der Waals surface area contributed by atoms with E-state index in [0.717, 1.165) is 5.56 Å². The van der Waals surface area contributed by atoms with Gasteiger partial charge in [-0.1, -0.05) is 71.2 Å². The van der Waals surface area contributed by atoms with E-state index in [9.17, 15) is 9.59 Å². The van der Waals surface area contributed by atoms with Crippen molar-refractivity contribution in [1.29, 1.82) is 0 Å². The van der Waals surface area contributed by atoms with Crippen molar-refractivity contribution >= 4 is 58.4 Å². The van der Waals surface area contributed by atoms with Crippen LogP contribution in [0.1, 0.15) is 11.1 Å². The van der Waals surface area contributed by atoms with Crippen LogP contribution in [0.2, 0.25) is 15.1 Å². The number of hydrazine groups is 1. The summed E-state index contributed by atoms with van der Waals surface area (Å²) in [6.07, 6.45) is 1.42. The Labute approximate surface area is 193 Å². The lowest BCUT2D eigenvalue weighted by molar-refractivity contribution is -0.117. The number of rotatable bonds is 5. The molecule has 3 aromatic rings. The Morgan fingerprint density at radius 2 is 1.61 bits per heavy atom. The van der Waals surface area contributed by atoms with E-state index < -0.39 is 11.8 Å². The second-order valence-corrected chi connectivity index (χ2v) is 7.91. The predicted octanol–water partition coefficient (Wildman–Crippen LogP) is 5.69. The third-order valence-electron chi connectivity index (χ3n) is 4.57. The fourth-order valence-electron chi connectivity index (χ4n) is 3.08. The molecule has 0 spiro atoms. The van der Waals surface area contributed by atoms with Crippen LogP contribution in [-0.4, -0.2) is 11.8 Å². The summed E-state index contributed by atoms with van der Waals surface area (Å²) < 4.78 is 5.91. The lowest BCUT2D eigenvalue weighted by atomic mass is 10.1. The van der Waals surface area contributed by atoms with Crippen LogP contribution >= 0.6 is 34.8 Å². The van der Waals surface area contributed by atoms with Crippen molar-refractivity contribution in [3.63, 3.8) is 0 Å². The first-order chi connectivity index (χ1) is 14.9. The molecule has 1 aliphatic rings. The van der Waals surface area contributed by atoms with E-state index in [-0.39, 0.29) is 23.0 Å². The summed E-state index contributed by atoms with van der Waals surface area (Å²) in [6.45, 7) is 0.146. The summed E-state index contributed by atoms with van der Waals surface area (Å²) in [7, 11) is 0. The van der Waals surface area contributed by atoms with E-state index in [1.807, 2.05) is 24.3 Å². The number of nitrogens with one attached hydrogen (secondary N) is 1. The largest absolute Gasteiger partial charge is 0.487 e. The molecule has 0 bridgehead atoms. The second kappa shape index (κ2) is 9.02. The molecular weight excluding hydrogens is 459 g/mol. The van der Waals surface area contributed by atoms with Gasteiger partial charge in [0.15, 0.2) is 0 Å². The van der Waals surface area contributed by atoms with Gasteiger partial charge in [-0.3, -0.25) is 15.0 Å². The van der Waals surface area contributed by atoms with Gasteiger partial charge in [0.25, 0.3) is 11.8 Å². The summed E-state index contributed by atoms with van der Waals surface area (Å²) >= 11 is 18.7. The molecule has 0 aromatic heterocycles. The number of ether oxygens (including phenoxy) is 1. The van der Waals surface area contributed by atoms with Crippen molar-refractivity contribution in [3.05, 3.63) is 98.5 Å². The van der Waals surface area contributed by atoms with Crippen molar-refractivity contribution in [1.82, 2.24) is 5.43 Å². The van der Waals surface area contributed by atoms with Crippen LogP contribution in [0.4, 0.5) is 5.69 Å². The molecule has 156 valence electrons. The summed E-state index contributed by atoms with van der Waals surface area (Å²) in [6, 6.07) is 19.2. The van der Waals surface area contributed by atoms with Crippen molar-refractivity contribution in [2.24, 2.45) is 0 Å². The van der Waals surface area contributed by atoms with Crippen LogP contribution in [0.5, 0.6) is 5.75 Å². The van der Waals surface area contributed by atoms with Gasteiger partial charge in [0, 0.05) is 21.2 Å². The molecule has 1 fully saturated rings. The fraction of sp³-hybridized carbons (Fsp3) is 0.0435. The number of para-hydroxylation sites is 1. The number of nitrogens with zero attached hydrogens (tertiary/aromatic N) is 1. The smallest absolute Gasteiger partial charge is 0.282 e. The van der Waals surface area contributed by atoms with Crippen LogP contribution in [-0.2, 0) is 16.2 Å². The second-order valence-electron chi connectivity index (χ2n) is 6.66. The fourth-order valence-corrected chi connectivity index (χ4v) is 3.83. The molecule has 0 radical (unpaired) electrons. The maximum absolute atomic E-state index is 12.9. The van der Waals surface area contributed by atoms with Gasteiger partial charge < -0.3 is 4.74 Å². The quantitative estimate of drug-likeness (QED) is 0.383. The van der Waals surface area contributed by atoms with Gasteiger partial charge in [-0.05, 0) is 36.4 Å². The lowest BCUT2D eigenvalue weighted by Gasteiger charge is -2.14. The van der Waals surface area contributed by atoms with Gasteiger partial charge in [-0.25, -0.2) is 5.01 Å². The van der Waals surface area contributed by atoms with E-state index in [4.69, 9.17) is 39.5 Å². The minimum atomic E-state index is -0.540. The number of hydrogen-bond acceptors (Lipinski definition) is 3. The molecule has 3 aromatic carbocycles. The highest BCUT2D eigenvalue weighted by Gasteiger charge is 2.34. The molecule has 1 saturated heterocycles. The minimum Gasteiger partial charge on any atom is -0.487 e. The number of carbonyl (C=O) groups is 2. The Hall–Kier alpha value is -2.99. The van der Waals surface area contributed by atoms with Crippen LogP contribution in [0.25, 0.3) is 6.08 Å². The molecular formula is C23H15Cl3N2O3. The molecule has 1 heterocycles. The van der Waals surface area contributed by atoms with Crippen LogP contribution in [0.3, 0.4) is 0 Å². The first kappa shape index (κ1) is 21.2. The number of hydrogen-bond donors (Lipinski definition) is 1. The highest BCUT2D eigenvalue weighted by molar-refractivity contribution is 6.36. The molecule has 8 heteroatoms. The van der Waals surface area contributed by atoms with Crippen molar-refractivity contribution in [2.45, 2.75) is 6.61 Å². The van der Waals surface area contributed by atoms with Crippen LogP contribution in [0, 0.1) is 0 Å². The van der Waals surface area contributed by atoms with Crippen LogP contribution < -0.4 is 15.2 Å². The van der Waals surface area contributed by atoms with Gasteiger partial charge in [0.05, 0.1) is 10.7 Å². The number of amides is 2. The van der Waals surface area contributed by atoms with E-state index >= 15 is 0 Å². The number of benzene rings is 3. The van der Waals surface area contributed by atoms with E-state index in [1.165, 1.54) is 17.2 Å². The molecule has 0 unspecified atom stereocenters. The maximum Gasteiger partial charge on any atom is 0.282 e. The summed E-state index contributed by atoms with van der Waals surface area (Å²) in [4.78, 5) is 25.4. The SMILES string of the molecule is O=C1NN(c2ccccc2)C(=O)/C1=C/c1cc(Cl)cc(Cl)c1OCc1ccccc1Cl.